The van der Waals surface area contributed by atoms with Crippen molar-refractivity contribution in [2.45, 2.75) is 24.7 Å². The zero-order chi connectivity index (χ0) is 17.8. The second kappa shape index (κ2) is 5.90. The summed E-state index contributed by atoms with van der Waals surface area (Å²) in [6.45, 7) is 6.25. The Balaban J connectivity index is 1.59. The summed E-state index contributed by atoms with van der Waals surface area (Å²) in [5, 5.41) is 11.8. The monoisotopic (exact) mass is 381 g/mol. The lowest BCUT2D eigenvalue weighted by molar-refractivity contribution is -0.00562. The number of likely N-dealkylation sites (tertiary alicyclic amines) is 1. The molecular formula is C19H23N7S. The van der Waals surface area contributed by atoms with Gasteiger partial charge in [0.15, 0.2) is 0 Å². The fraction of sp³-hybridized carbons (Fsp3) is 0.526. The Labute approximate surface area is 162 Å². The number of hydrazine groups is 1. The van der Waals surface area contributed by atoms with Crippen LogP contribution in [0.1, 0.15) is 30.7 Å². The quantitative estimate of drug-likeness (QED) is 0.856. The Morgan fingerprint density at radius 2 is 1.96 bits per heavy atom. The fourth-order valence-corrected chi connectivity index (χ4v) is 5.34. The van der Waals surface area contributed by atoms with E-state index < -0.39 is 0 Å². The third-order valence-corrected chi connectivity index (χ3v) is 6.83. The van der Waals surface area contributed by atoms with Crippen LogP contribution < -0.4 is 0 Å². The Kier molecular flexibility index (Phi) is 3.46. The maximum Gasteiger partial charge on any atom is 0.125 e. The van der Waals surface area contributed by atoms with Crippen molar-refractivity contribution in [2.75, 3.05) is 39.3 Å². The molecule has 2 aromatic heterocycles. The highest BCUT2D eigenvalue weighted by Gasteiger charge is 2.55. The van der Waals surface area contributed by atoms with Gasteiger partial charge in [0, 0.05) is 49.0 Å². The van der Waals surface area contributed by atoms with Crippen LogP contribution in [0.4, 0.5) is 0 Å². The largest absolute Gasteiger partial charge is 0.364 e. The molecule has 0 saturated carbocycles. The molecule has 6 rings (SSSR count). The molecule has 2 saturated heterocycles. The summed E-state index contributed by atoms with van der Waals surface area (Å²) >= 11 is 1.44. The van der Waals surface area contributed by atoms with Crippen LogP contribution in [0.3, 0.4) is 0 Å². The summed E-state index contributed by atoms with van der Waals surface area (Å²) in [6, 6.07) is 4.29. The molecular weight excluding hydrogens is 358 g/mol. The zero-order valence-electron chi connectivity index (χ0n) is 15.3. The van der Waals surface area contributed by atoms with Gasteiger partial charge in [0.1, 0.15) is 11.2 Å². The third kappa shape index (κ3) is 2.26. The highest BCUT2D eigenvalue weighted by atomic mass is 32.1. The molecule has 0 radical (unpaired) electrons. The lowest BCUT2D eigenvalue weighted by atomic mass is 9.75. The average molecular weight is 382 g/mol. The normalized spacial score (nSPS) is 28.1. The van der Waals surface area contributed by atoms with Crippen molar-refractivity contribution >= 4 is 17.2 Å². The van der Waals surface area contributed by atoms with E-state index in [1.807, 2.05) is 6.20 Å². The molecule has 1 atom stereocenters. The van der Waals surface area contributed by atoms with Gasteiger partial charge in [0.2, 0.25) is 0 Å². The molecule has 6 heterocycles. The standard InChI is InChI=1S/C19H23N7S/c1-2-10-25(9-1)26-13-19(15-5-3-6-20-15,16-12-27-23-22-16)17(14-11-21-14)18(26)24-7-4-8-24/h3,5-6,12,20H,1-2,4,7-11,13H2. The first-order chi connectivity index (χ1) is 13.4. The van der Waals surface area contributed by atoms with E-state index in [4.69, 9.17) is 0 Å². The maximum atomic E-state index is 4.68. The first kappa shape index (κ1) is 15.8. The minimum absolute atomic E-state index is 0.320. The summed E-state index contributed by atoms with van der Waals surface area (Å²) in [4.78, 5) is 10.7. The van der Waals surface area contributed by atoms with E-state index in [0.29, 0.717) is 0 Å². The van der Waals surface area contributed by atoms with Crippen LogP contribution in [0.5, 0.6) is 0 Å². The first-order valence-electron chi connectivity index (χ1n) is 9.85. The average Bonchev–Trinajstić information content (AvgIpc) is 3.20. The Hall–Kier alpha value is -2.19. The van der Waals surface area contributed by atoms with Crippen LogP contribution in [-0.2, 0) is 5.41 Å². The molecule has 4 aliphatic heterocycles. The predicted molar refractivity (Wildman–Crippen MR) is 105 cm³/mol. The van der Waals surface area contributed by atoms with Gasteiger partial charge >= 0.3 is 0 Å². The van der Waals surface area contributed by atoms with Gasteiger partial charge in [-0.05, 0) is 42.9 Å². The van der Waals surface area contributed by atoms with Gasteiger partial charge in [-0.25, -0.2) is 5.01 Å². The van der Waals surface area contributed by atoms with Crippen molar-refractivity contribution in [3.05, 3.63) is 46.5 Å². The van der Waals surface area contributed by atoms with Crippen LogP contribution in [0.2, 0.25) is 0 Å². The van der Waals surface area contributed by atoms with E-state index in [1.54, 1.807) is 0 Å². The van der Waals surface area contributed by atoms with Crippen molar-refractivity contribution < 1.29 is 0 Å². The lowest BCUT2D eigenvalue weighted by Gasteiger charge is -2.42. The number of hydrogen-bond donors (Lipinski definition) is 1. The van der Waals surface area contributed by atoms with Crippen molar-refractivity contribution in [2.24, 2.45) is 4.99 Å². The summed E-state index contributed by atoms with van der Waals surface area (Å²) in [6.07, 6.45) is 5.83. The van der Waals surface area contributed by atoms with Gasteiger partial charge in [0.05, 0.1) is 24.5 Å². The Morgan fingerprint density at radius 1 is 1.11 bits per heavy atom. The topological polar surface area (TPSA) is 63.7 Å². The minimum atomic E-state index is -0.320. The van der Waals surface area contributed by atoms with Crippen LogP contribution in [-0.4, -0.2) is 74.5 Å². The fourth-order valence-electron chi connectivity index (χ4n) is 4.81. The Morgan fingerprint density at radius 3 is 2.56 bits per heavy atom. The van der Waals surface area contributed by atoms with Gasteiger partial charge < -0.3 is 9.88 Å². The van der Waals surface area contributed by atoms with E-state index in [1.165, 1.54) is 53.6 Å². The molecule has 0 spiro atoms. The van der Waals surface area contributed by atoms with Crippen LogP contribution >= 0.6 is 11.5 Å². The van der Waals surface area contributed by atoms with E-state index in [2.05, 4.69) is 52.0 Å². The summed E-state index contributed by atoms with van der Waals surface area (Å²) in [5.41, 5.74) is 4.50. The Bertz CT molecular complexity index is 854. The van der Waals surface area contributed by atoms with E-state index in [0.717, 1.165) is 45.0 Å². The van der Waals surface area contributed by atoms with Crippen molar-refractivity contribution in [3.63, 3.8) is 0 Å². The molecule has 0 aliphatic carbocycles. The molecule has 1 unspecified atom stereocenters. The zero-order valence-corrected chi connectivity index (χ0v) is 16.1. The highest BCUT2D eigenvalue weighted by Crippen LogP contribution is 2.50. The lowest BCUT2D eigenvalue weighted by Crippen LogP contribution is -2.49. The van der Waals surface area contributed by atoms with Crippen molar-refractivity contribution in [1.82, 2.24) is 29.5 Å². The summed E-state index contributed by atoms with van der Waals surface area (Å²) in [7, 11) is 0. The van der Waals surface area contributed by atoms with Crippen LogP contribution in [0.15, 0.2) is 40.1 Å². The van der Waals surface area contributed by atoms with Crippen molar-refractivity contribution in [3.8, 4) is 0 Å². The second-order valence-electron chi connectivity index (χ2n) is 7.80. The first-order valence-corrected chi connectivity index (χ1v) is 10.7. The molecule has 27 heavy (non-hydrogen) atoms. The molecule has 1 N–H and O–H groups in total. The molecule has 4 aliphatic rings. The summed E-state index contributed by atoms with van der Waals surface area (Å²) < 4.78 is 4.23. The van der Waals surface area contributed by atoms with Gasteiger partial charge in [-0.15, -0.1) is 5.10 Å². The molecule has 140 valence electrons. The summed E-state index contributed by atoms with van der Waals surface area (Å²) in [5.74, 6) is 1.36. The number of aromatic nitrogens is 3. The smallest absolute Gasteiger partial charge is 0.125 e. The third-order valence-electron chi connectivity index (χ3n) is 6.32. The van der Waals surface area contributed by atoms with E-state index in [-0.39, 0.29) is 5.41 Å². The van der Waals surface area contributed by atoms with Gasteiger partial charge in [-0.2, -0.15) is 0 Å². The number of rotatable bonds is 5. The molecule has 2 aromatic rings. The number of nitrogens with one attached hydrogen (secondary N) is 1. The number of hydrogen-bond acceptors (Lipinski definition) is 7. The second-order valence-corrected chi connectivity index (χ2v) is 8.41. The van der Waals surface area contributed by atoms with E-state index in [9.17, 15) is 0 Å². The minimum Gasteiger partial charge on any atom is -0.364 e. The van der Waals surface area contributed by atoms with Crippen LogP contribution in [0.25, 0.3) is 0 Å². The number of aromatic amines is 1. The molecule has 0 aromatic carbocycles. The molecule has 2 fully saturated rings. The molecule has 8 heteroatoms. The number of H-pyrrole nitrogens is 1. The predicted octanol–water partition coefficient (Wildman–Crippen LogP) is 1.85. The highest BCUT2D eigenvalue weighted by molar-refractivity contribution is 7.03. The molecule has 0 amide bonds. The molecule has 0 bridgehead atoms. The van der Waals surface area contributed by atoms with E-state index >= 15 is 0 Å². The number of aliphatic imine (C=N–C) groups is 1. The van der Waals surface area contributed by atoms with Gasteiger partial charge in [-0.1, -0.05) is 4.49 Å². The van der Waals surface area contributed by atoms with Gasteiger partial charge in [0.25, 0.3) is 0 Å². The SMILES string of the molecule is c1c[nH]c(C2(c3csnn3)CN(N3CCCC3)C(N3CCC3)=C2C2=NC2)c1. The maximum absolute atomic E-state index is 4.68. The van der Waals surface area contributed by atoms with Crippen molar-refractivity contribution in [1.29, 1.82) is 0 Å². The van der Waals surface area contributed by atoms with Gasteiger partial charge in [-0.3, -0.25) is 10.0 Å². The molecule has 7 nitrogen and oxygen atoms in total. The number of nitrogens with zero attached hydrogens (tertiary/aromatic N) is 6. The van der Waals surface area contributed by atoms with Crippen LogP contribution in [0, 0.1) is 0 Å².